The average molecular weight is 591 g/mol. The highest BCUT2D eigenvalue weighted by atomic mass is 15.0. The van der Waals surface area contributed by atoms with Crippen LogP contribution in [-0.4, -0.2) is 19.5 Å². The van der Waals surface area contributed by atoms with Gasteiger partial charge in [-0.3, -0.25) is 4.98 Å². The number of benzene rings is 5. The molecule has 3 aromatic heterocycles. The van der Waals surface area contributed by atoms with Gasteiger partial charge in [0.2, 0.25) is 0 Å². The van der Waals surface area contributed by atoms with E-state index in [1.54, 1.807) is 0 Å². The minimum atomic E-state index is -0.252. The van der Waals surface area contributed by atoms with Crippen LogP contribution < -0.4 is 0 Å². The molecule has 0 fully saturated rings. The third-order valence-electron chi connectivity index (χ3n) is 9.51. The summed E-state index contributed by atoms with van der Waals surface area (Å²) in [7, 11) is 0. The van der Waals surface area contributed by atoms with Crippen LogP contribution in [0.1, 0.15) is 25.0 Å². The Morgan fingerprint density at radius 1 is 0.522 bits per heavy atom. The molecular weight excluding hydrogens is 560 g/mol. The molecule has 0 spiro atoms. The van der Waals surface area contributed by atoms with Crippen molar-refractivity contribution >= 4 is 21.8 Å². The van der Waals surface area contributed by atoms with Gasteiger partial charge in [-0.25, -0.2) is 9.97 Å². The van der Waals surface area contributed by atoms with Crippen LogP contribution in [0.5, 0.6) is 0 Å². The van der Waals surface area contributed by atoms with E-state index in [4.69, 9.17) is 9.97 Å². The van der Waals surface area contributed by atoms with Crippen molar-refractivity contribution in [1.29, 1.82) is 0 Å². The van der Waals surface area contributed by atoms with Crippen molar-refractivity contribution in [3.8, 4) is 50.7 Å². The Morgan fingerprint density at radius 3 is 1.98 bits per heavy atom. The van der Waals surface area contributed by atoms with Crippen LogP contribution in [0.15, 0.2) is 146 Å². The lowest BCUT2D eigenvalue weighted by Crippen LogP contribution is -2.17. The number of pyridine rings is 1. The quantitative estimate of drug-likeness (QED) is 0.205. The molecule has 4 heteroatoms. The lowest BCUT2D eigenvalue weighted by Gasteiger charge is -2.24. The van der Waals surface area contributed by atoms with Gasteiger partial charge >= 0.3 is 0 Å². The summed E-state index contributed by atoms with van der Waals surface area (Å²) in [6.07, 6.45) is 3.65. The van der Waals surface area contributed by atoms with E-state index in [9.17, 15) is 0 Å². The molecule has 3 heterocycles. The Bertz CT molecular complexity index is 2420. The van der Waals surface area contributed by atoms with Crippen molar-refractivity contribution in [2.24, 2.45) is 0 Å². The van der Waals surface area contributed by atoms with Crippen LogP contribution in [0, 0.1) is 0 Å². The topological polar surface area (TPSA) is 43.6 Å². The Morgan fingerprint density at radius 2 is 1.15 bits per heavy atom. The van der Waals surface area contributed by atoms with Gasteiger partial charge in [0.1, 0.15) is 0 Å². The highest BCUT2D eigenvalue weighted by Crippen LogP contribution is 2.51. The first-order valence-corrected chi connectivity index (χ1v) is 15.7. The molecule has 1 aliphatic carbocycles. The summed E-state index contributed by atoms with van der Waals surface area (Å²) >= 11 is 0. The van der Waals surface area contributed by atoms with Crippen LogP contribution in [0.2, 0.25) is 0 Å². The van der Waals surface area contributed by atoms with Crippen molar-refractivity contribution in [3.63, 3.8) is 0 Å². The Hall–Kier alpha value is -5.87. The fourth-order valence-corrected chi connectivity index (χ4v) is 7.29. The van der Waals surface area contributed by atoms with Gasteiger partial charge in [0, 0.05) is 56.5 Å². The fraction of sp³-hybridized carbons (Fsp3) is 0.0714. The van der Waals surface area contributed by atoms with Gasteiger partial charge < -0.3 is 4.57 Å². The molecular formula is C42H30N4. The molecule has 0 radical (unpaired) electrons. The van der Waals surface area contributed by atoms with E-state index in [-0.39, 0.29) is 5.41 Å². The molecule has 0 saturated heterocycles. The summed E-state index contributed by atoms with van der Waals surface area (Å²) in [4.78, 5) is 14.8. The van der Waals surface area contributed by atoms with Gasteiger partial charge in [-0.2, -0.15) is 0 Å². The molecule has 46 heavy (non-hydrogen) atoms. The van der Waals surface area contributed by atoms with E-state index in [0.29, 0.717) is 0 Å². The van der Waals surface area contributed by atoms with Crippen molar-refractivity contribution in [3.05, 3.63) is 157 Å². The maximum Gasteiger partial charge on any atom is 0.160 e. The van der Waals surface area contributed by atoms with Crippen LogP contribution in [-0.2, 0) is 5.41 Å². The highest BCUT2D eigenvalue weighted by Gasteiger charge is 2.40. The van der Waals surface area contributed by atoms with Crippen molar-refractivity contribution < 1.29 is 0 Å². The van der Waals surface area contributed by atoms with E-state index in [2.05, 4.69) is 145 Å². The van der Waals surface area contributed by atoms with Crippen molar-refractivity contribution in [2.45, 2.75) is 19.3 Å². The normalized spacial score (nSPS) is 13.2. The number of nitrogens with zero attached hydrogens (tertiary/aromatic N) is 4. The second-order valence-corrected chi connectivity index (χ2v) is 12.5. The molecule has 0 saturated carbocycles. The van der Waals surface area contributed by atoms with Crippen molar-refractivity contribution in [2.75, 3.05) is 0 Å². The maximum absolute atomic E-state index is 5.39. The summed E-state index contributed by atoms with van der Waals surface area (Å²) in [6.45, 7) is 4.60. The Kier molecular flexibility index (Phi) is 5.81. The molecule has 0 N–H and O–H groups in total. The fourth-order valence-electron chi connectivity index (χ4n) is 7.29. The average Bonchev–Trinajstić information content (AvgIpc) is 3.57. The molecule has 0 atom stereocenters. The molecule has 0 unspecified atom stereocenters. The molecule has 0 bridgehead atoms. The van der Waals surface area contributed by atoms with Crippen LogP contribution >= 0.6 is 0 Å². The molecule has 4 nitrogen and oxygen atoms in total. The first kappa shape index (κ1) is 26.5. The zero-order valence-electron chi connectivity index (χ0n) is 25.6. The van der Waals surface area contributed by atoms with Crippen LogP contribution in [0.4, 0.5) is 0 Å². The number of fused-ring (bicyclic) bond motifs is 6. The minimum absolute atomic E-state index is 0.252. The number of hydrogen-bond acceptors (Lipinski definition) is 3. The van der Waals surface area contributed by atoms with Gasteiger partial charge in [-0.05, 0) is 59.2 Å². The van der Waals surface area contributed by atoms with E-state index in [1.807, 2.05) is 24.5 Å². The monoisotopic (exact) mass is 590 g/mol. The standard InChI is InChI=1S/C42H30N4/c1-42(2)35-14-8-6-13-33(35)40-38(42)39(44-41(45-40)29-18-16-27(17-19-29)28-22-24-43-25-23-28)30-20-21-37-34(26-30)32-12-7-9-15-36(32)46(37)31-10-4-3-5-11-31/h3-26H,1-2H3. The number of rotatable bonds is 4. The molecule has 0 amide bonds. The van der Waals surface area contributed by atoms with Gasteiger partial charge in [0.15, 0.2) is 5.82 Å². The predicted molar refractivity (Wildman–Crippen MR) is 188 cm³/mol. The number of aromatic nitrogens is 4. The smallest absolute Gasteiger partial charge is 0.160 e. The highest BCUT2D eigenvalue weighted by molar-refractivity contribution is 6.10. The van der Waals surface area contributed by atoms with E-state index < -0.39 is 0 Å². The summed E-state index contributed by atoms with van der Waals surface area (Å²) < 4.78 is 2.36. The SMILES string of the molecule is CC1(C)c2ccccc2-c2nc(-c3ccc(-c4ccncc4)cc3)nc(-c3ccc4c(c3)c3ccccc3n4-c3ccccc3)c21. The summed E-state index contributed by atoms with van der Waals surface area (Å²) in [6, 6.07) is 47.4. The molecule has 8 aromatic rings. The number of hydrogen-bond donors (Lipinski definition) is 0. The van der Waals surface area contributed by atoms with Gasteiger partial charge in [0.05, 0.1) is 22.4 Å². The predicted octanol–water partition coefficient (Wildman–Crippen LogP) is 10.3. The Balaban J connectivity index is 1.28. The maximum atomic E-state index is 5.39. The lowest BCUT2D eigenvalue weighted by atomic mass is 9.80. The second-order valence-electron chi connectivity index (χ2n) is 12.5. The third kappa shape index (κ3) is 3.97. The largest absolute Gasteiger partial charge is 0.309 e. The molecule has 9 rings (SSSR count). The van der Waals surface area contributed by atoms with E-state index >= 15 is 0 Å². The first-order valence-electron chi connectivity index (χ1n) is 15.7. The third-order valence-corrected chi connectivity index (χ3v) is 9.51. The molecule has 5 aromatic carbocycles. The Labute approximate surface area is 267 Å². The molecule has 0 aliphatic heterocycles. The van der Waals surface area contributed by atoms with Gasteiger partial charge in [0.25, 0.3) is 0 Å². The van der Waals surface area contributed by atoms with Crippen LogP contribution in [0.25, 0.3) is 72.5 Å². The number of para-hydroxylation sites is 2. The van der Waals surface area contributed by atoms with E-state index in [1.165, 1.54) is 38.5 Å². The summed E-state index contributed by atoms with van der Waals surface area (Å²) in [5, 5.41) is 2.43. The first-order chi connectivity index (χ1) is 22.6. The molecule has 1 aliphatic rings. The summed E-state index contributed by atoms with van der Waals surface area (Å²) in [5.41, 5.74) is 13.3. The van der Waals surface area contributed by atoms with Crippen LogP contribution in [0.3, 0.4) is 0 Å². The second kappa shape index (κ2) is 10.1. The van der Waals surface area contributed by atoms with Crippen molar-refractivity contribution in [1.82, 2.24) is 19.5 Å². The lowest BCUT2D eigenvalue weighted by molar-refractivity contribution is 0.658. The minimum Gasteiger partial charge on any atom is -0.309 e. The van der Waals surface area contributed by atoms with E-state index in [0.717, 1.165) is 45.2 Å². The zero-order valence-corrected chi connectivity index (χ0v) is 25.6. The summed E-state index contributed by atoms with van der Waals surface area (Å²) in [5.74, 6) is 0.731. The molecule has 218 valence electrons. The van der Waals surface area contributed by atoms with Gasteiger partial charge in [-0.15, -0.1) is 0 Å². The zero-order chi connectivity index (χ0) is 30.8. The van der Waals surface area contributed by atoms with Gasteiger partial charge in [-0.1, -0.05) is 105 Å².